The maximum absolute atomic E-state index is 13.2. The Bertz CT molecular complexity index is 930. The van der Waals surface area contributed by atoms with Gasteiger partial charge in [0.25, 0.3) is 5.56 Å². The molecule has 0 radical (unpaired) electrons. The zero-order valence-corrected chi connectivity index (χ0v) is 17.5. The highest BCUT2D eigenvalue weighted by Crippen LogP contribution is 2.21. The van der Waals surface area contributed by atoms with E-state index in [2.05, 4.69) is 0 Å². The van der Waals surface area contributed by atoms with Crippen LogP contribution in [0.5, 0.6) is 5.75 Å². The third kappa shape index (κ3) is 5.94. The molecule has 0 saturated carbocycles. The average molecular weight is 401 g/mol. The number of nitrogens with zero attached hydrogens (tertiary/aromatic N) is 1. The van der Waals surface area contributed by atoms with E-state index >= 15 is 0 Å². The Morgan fingerprint density at radius 1 is 1.14 bits per heavy atom. The number of benzene rings is 1. The molecule has 0 spiro atoms. The molecule has 0 aliphatic heterocycles. The molecule has 0 amide bonds. The second-order valence-electron chi connectivity index (χ2n) is 7.27. The van der Waals surface area contributed by atoms with Crippen LogP contribution in [-0.2, 0) is 27.4 Å². The van der Waals surface area contributed by atoms with Crippen molar-refractivity contribution in [3.63, 3.8) is 0 Å². The van der Waals surface area contributed by atoms with Gasteiger partial charge in [0.05, 0.1) is 13.2 Å². The molecule has 29 heavy (non-hydrogen) atoms. The van der Waals surface area contributed by atoms with E-state index in [0.717, 1.165) is 5.56 Å². The Morgan fingerprint density at radius 3 is 2.38 bits per heavy atom. The predicted molar refractivity (Wildman–Crippen MR) is 108 cm³/mol. The molecular weight excluding hydrogens is 374 g/mol. The van der Waals surface area contributed by atoms with Crippen molar-refractivity contribution in [1.29, 1.82) is 0 Å². The molecule has 0 aliphatic rings. The fourth-order valence-corrected chi connectivity index (χ4v) is 2.98. The summed E-state index contributed by atoms with van der Waals surface area (Å²) in [6, 6.07) is 10.9. The number of carbonyl (C=O) groups excluding carboxylic acids is 2. The molecule has 2 rings (SSSR count). The lowest BCUT2D eigenvalue weighted by Gasteiger charge is -2.27. The summed E-state index contributed by atoms with van der Waals surface area (Å²) in [6.45, 7) is 8.55. The number of rotatable bonds is 8. The topological polar surface area (TPSA) is 83.8 Å². The van der Waals surface area contributed by atoms with E-state index in [9.17, 15) is 14.4 Å². The molecule has 0 atom stereocenters. The summed E-state index contributed by atoms with van der Waals surface area (Å²) in [5, 5.41) is 0. The van der Waals surface area contributed by atoms with E-state index in [-0.39, 0.29) is 31.1 Å². The van der Waals surface area contributed by atoms with Crippen LogP contribution in [0.25, 0.3) is 0 Å². The van der Waals surface area contributed by atoms with Crippen molar-refractivity contribution in [2.24, 2.45) is 0 Å². The number of aromatic nitrogens is 1. The lowest BCUT2D eigenvalue weighted by molar-refractivity contribution is -0.154. The van der Waals surface area contributed by atoms with E-state index in [1.807, 2.05) is 30.3 Å². The number of carbonyl (C=O) groups is 2. The predicted octanol–water partition coefficient (Wildman–Crippen LogP) is 3.25. The molecule has 156 valence electrons. The van der Waals surface area contributed by atoms with Gasteiger partial charge in [0.1, 0.15) is 17.8 Å². The third-order valence-corrected chi connectivity index (χ3v) is 4.14. The average Bonchev–Trinajstić information content (AvgIpc) is 2.64. The molecule has 0 fully saturated rings. The number of pyridine rings is 1. The van der Waals surface area contributed by atoms with Crippen LogP contribution >= 0.6 is 0 Å². The summed E-state index contributed by atoms with van der Waals surface area (Å²) < 4.78 is 17.6. The molecule has 0 bridgehead atoms. The Balaban J connectivity index is 2.47. The molecule has 1 heterocycles. The fourth-order valence-electron chi connectivity index (χ4n) is 2.98. The first-order valence-electron chi connectivity index (χ1n) is 9.42. The molecular formula is C22H27NO6. The molecule has 2 aromatic rings. The van der Waals surface area contributed by atoms with E-state index in [1.54, 1.807) is 33.8 Å². The molecule has 0 aliphatic carbocycles. The number of aryl methyl sites for hydroxylation is 1. The van der Waals surface area contributed by atoms with Gasteiger partial charge in [0.15, 0.2) is 5.75 Å². The first-order chi connectivity index (χ1) is 13.6. The molecule has 0 saturated heterocycles. The van der Waals surface area contributed by atoms with Gasteiger partial charge < -0.3 is 18.8 Å². The number of hydrogen-bond donors (Lipinski definition) is 0. The molecule has 7 heteroatoms. The van der Waals surface area contributed by atoms with Crippen LogP contribution in [0.1, 0.15) is 49.3 Å². The lowest BCUT2D eigenvalue weighted by Crippen LogP contribution is -2.38. The van der Waals surface area contributed by atoms with Crippen LogP contribution in [-0.4, -0.2) is 28.7 Å². The van der Waals surface area contributed by atoms with Crippen LogP contribution in [0, 0.1) is 6.92 Å². The molecule has 1 aromatic carbocycles. The largest absolute Gasteiger partial charge is 0.482 e. The number of ether oxygens (including phenoxy) is 3. The number of esters is 2. The summed E-state index contributed by atoms with van der Waals surface area (Å²) >= 11 is 0. The second-order valence-corrected chi connectivity index (χ2v) is 7.27. The fraction of sp³-hybridized carbons (Fsp3) is 0.409. The minimum atomic E-state index is -0.914. The Kier molecular flexibility index (Phi) is 7.20. The molecule has 0 N–H and O–H groups in total. The van der Waals surface area contributed by atoms with E-state index in [0.29, 0.717) is 5.69 Å². The minimum absolute atomic E-state index is 0.0758. The quantitative estimate of drug-likeness (QED) is 0.632. The first-order valence-corrected chi connectivity index (χ1v) is 9.42. The Hall–Kier alpha value is -3.09. The molecule has 7 nitrogen and oxygen atoms in total. The van der Waals surface area contributed by atoms with E-state index in [1.165, 1.54) is 11.5 Å². The SMILES string of the molecule is CCOC(=O)c1cc(C)n(CC(C)(C)OC(C)=O)c(=O)c1OCc1ccccc1. The molecule has 1 aromatic heterocycles. The Labute approximate surface area is 170 Å². The summed E-state index contributed by atoms with van der Waals surface area (Å²) in [7, 11) is 0. The highest BCUT2D eigenvalue weighted by molar-refractivity contribution is 5.92. The third-order valence-electron chi connectivity index (χ3n) is 4.14. The van der Waals surface area contributed by atoms with Crippen molar-refractivity contribution < 1.29 is 23.8 Å². The van der Waals surface area contributed by atoms with Crippen LogP contribution in [0.4, 0.5) is 0 Å². The highest BCUT2D eigenvalue weighted by Gasteiger charge is 2.27. The van der Waals surface area contributed by atoms with Crippen LogP contribution in [0.3, 0.4) is 0 Å². The van der Waals surface area contributed by atoms with Gasteiger partial charge in [-0.15, -0.1) is 0 Å². The van der Waals surface area contributed by atoms with Gasteiger partial charge in [-0.2, -0.15) is 0 Å². The maximum atomic E-state index is 13.2. The van der Waals surface area contributed by atoms with Crippen LogP contribution in [0.15, 0.2) is 41.2 Å². The summed E-state index contributed by atoms with van der Waals surface area (Å²) in [4.78, 5) is 37.0. The maximum Gasteiger partial charge on any atom is 0.342 e. The molecule has 0 unspecified atom stereocenters. The second kappa shape index (κ2) is 9.41. The zero-order valence-electron chi connectivity index (χ0n) is 17.5. The van der Waals surface area contributed by atoms with Gasteiger partial charge in [0.2, 0.25) is 0 Å². The summed E-state index contributed by atoms with van der Waals surface area (Å²) in [5.74, 6) is -1.15. The van der Waals surface area contributed by atoms with Crippen molar-refractivity contribution in [3.8, 4) is 5.75 Å². The van der Waals surface area contributed by atoms with Gasteiger partial charge in [-0.3, -0.25) is 9.59 Å². The van der Waals surface area contributed by atoms with E-state index < -0.39 is 23.1 Å². The standard InChI is InChI=1S/C22H27NO6/c1-6-27-21(26)18-12-15(2)23(14-22(4,5)29-16(3)24)20(25)19(18)28-13-17-10-8-7-9-11-17/h7-12H,6,13-14H2,1-5H3. The normalized spacial score (nSPS) is 11.1. The van der Waals surface area contributed by atoms with Crippen LogP contribution < -0.4 is 10.3 Å². The van der Waals surface area contributed by atoms with Gasteiger partial charge in [-0.1, -0.05) is 30.3 Å². The van der Waals surface area contributed by atoms with E-state index in [4.69, 9.17) is 14.2 Å². The lowest BCUT2D eigenvalue weighted by atomic mass is 10.1. The van der Waals surface area contributed by atoms with Crippen molar-refractivity contribution >= 4 is 11.9 Å². The highest BCUT2D eigenvalue weighted by atomic mass is 16.6. The smallest absolute Gasteiger partial charge is 0.342 e. The van der Waals surface area contributed by atoms with Gasteiger partial charge in [0, 0.05) is 12.6 Å². The zero-order chi connectivity index (χ0) is 21.6. The van der Waals surface area contributed by atoms with Crippen molar-refractivity contribution in [3.05, 3.63) is 63.6 Å². The van der Waals surface area contributed by atoms with Crippen molar-refractivity contribution in [1.82, 2.24) is 4.57 Å². The van der Waals surface area contributed by atoms with Crippen molar-refractivity contribution in [2.75, 3.05) is 6.61 Å². The van der Waals surface area contributed by atoms with Crippen LogP contribution in [0.2, 0.25) is 0 Å². The van der Waals surface area contributed by atoms with Gasteiger partial charge >= 0.3 is 11.9 Å². The van der Waals surface area contributed by atoms with Gasteiger partial charge in [-0.25, -0.2) is 4.79 Å². The minimum Gasteiger partial charge on any atom is -0.482 e. The number of hydrogen-bond acceptors (Lipinski definition) is 6. The monoisotopic (exact) mass is 401 g/mol. The summed E-state index contributed by atoms with van der Waals surface area (Å²) in [6.07, 6.45) is 0. The first kappa shape index (κ1) is 22.2. The van der Waals surface area contributed by atoms with Gasteiger partial charge in [-0.05, 0) is 39.3 Å². The van der Waals surface area contributed by atoms with Crippen molar-refractivity contribution in [2.45, 2.75) is 53.4 Å². The summed E-state index contributed by atoms with van der Waals surface area (Å²) in [5.41, 5.74) is 0.0678. The Morgan fingerprint density at radius 2 is 1.79 bits per heavy atom.